The summed E-state index contributed by atoms with van der Waals surface area (Å²) in [7, 11) is 0. The van der Waals surface area contributed by atoms with Crippen molar-refractivity contribution in [3.8, 4) is 11.4 Å². The normalized spacial score (nSPS) is 10.7. The summed E-state index contributed by atoms with van der Waals surface area (Å²) < 4.78 is 18.7. The number of halogens is 2. The van der Waals surface area contributed by atoms with Crippen LogP contribution < -0.4 is 0 Å². The molecule has 4 nitrogen and oxygen atoms in total. The predicted octanol–water partition coefficient (Wildman–Crippen LogP) is 4.47. The summed E-state index contributed by atoms with van der Waals surface area (Å²) in [5, 5.41) is 0. The Morgan fingerprint density at radius 1 is 1.35 bits per heavy atom. The first-order valence-corrected chi connectivity index (χ1v) is 7.61. The number of nitrogens with zero attached hydrogens (tertiary/aromatic N) is 1. The molecule has 0 atom stereocenters. The standard InChI is InChI=1S/C17H12BrFN2O2/c1-2-7-23-17(22)11-8-13(18)15-14(9-11)20-16(21-15)10-3-5-12(19)6-4-10/h2-6,8-9H,1,7H2,(H,20,21). The smallest absolute Gasteiger partial charge is 0.338 e. The van der Waals surface area contributed by atoms with E-state index in [2.05, 4.69) is 32.5 Å². The molecule has 0 fully saturated rings. The van der Waals surface area contributed by atoms with Crippen LogP contribution in [0, 0.1) is 5.82 Å². The second-order valence-electron chi connectivity index (χ2n) is 4.83. The van der Waals surface area contributed by atoms with Crippen molar-refractivity contribution in [1.82, 2.24) is 9.97 Å². The fourth-order valence-corrected chi connectivity index (χ4v) is 2.70. The van der Waals surface area contributed by atoms with Crippen LogP contribution >= 0.6 is 15.9 Å². The van der Waals surface area contributed by atoms with E-state index < -0.39 is 5.97 Å². The quantitative estimate of drug-likeness (QED) is 0.541. The molecule has 0 aliphatic carbocycles. The van der Waals surface area contributed by atoms with Crippen molar-refractivity contribution in [3.63, 3.8) is 0 Å². The number of hydrogen-bond donors (Lipinski definition) is 1. The van der Waals surface area contributed by atoms with Crippen molar-refractivity contribution in [2.75, 3.05) is 6.61 Å². The topological polar surface area (TPSA) is 55.0 Å². The number of fused-ring (bicyclic) bond motifs is 1. The first kappa shape index (κ1) is 15.4. The number of carbonyl (C=O) groups excluding carboxylic acids is 1. The lowest BCUT2D eigenvalue weighted by molar-refractivity contribution is 0.0550. The lowest BCUT2D eigenvalue weighted by Gasteiger charge is -2.02. The molecule has 0 bridgehead atoms. The Hall–Kier alpha value is -2.47. The van der Waals surface area contributed by atoms with E-state index >= 15 is 0 Å². The van der Waals surface area contributed by atoms with Gasteiger partial charge in [0, 0.05) is 10.0 Å². The minimum absolute atomic E-state index is 0.151. The number of ether oxygens (including phenoxy) is 1. The van der Waals surface area contributed by atoms with E-state index in [0.717, 1.165) is 5.56 Å². The van der Waals surface area contributed by atoms with Gasteiger partial charge in [0.25, 0.3) is 0 Å². The van der Waals surface area contributed by atoms with Crippen LogP contribution in [-0.4, -0.2) is 22.5 Å². The molecule has 0 aliphatic heterocycles. The molecule has 23 heavy (non-hydrogen) atoms. The van der Waals surface area contributed by atoms with E-state index in [-0.39, 0.29) is 12.4 Å². The molecule has 1 aromatic heterocycles. The van der Waals surface area contributed by atoms with Crippen LogP contribution in [0.4, 0.5) is 4.39 Å². The van der Waals surface area contributed by atoms with Gasteiger partial charge < -0.3 is 9.72 Å². The van der Waals surface area contributed by atoms with Gasteiger partial charge in [-0.1, -0.05) is 12.7 Å². The molecule has 0 unspecified atom stereocenters. The molecule has 1 N–H and O–H groups in total. The number of hydrogen-bond acceptors (Lipinski definition) is 3. The summed E-state index contributed by atoms with van der Waals surface area (Å²) in [6.45, 7) is 3.66. The summed E-state index contributed by atoms with van der Waals surface area (Å²) in [4.78, 5) is 19.6. The largest absolute Gasteiger partial charge is 0.458 e. The first-order valence-electron chi connectivity index (χ1n) is 6.81. The molecule has 0 saturated heterocycles. The number of H-pyrrole nitrogens is 1. The summed E-state index contributed by atoms with van der Waals surface area (Å²) in [5.41, 5.74) is 2.53. The Morgan fingerprint density at radius 3 is 2.78 bits per heavy atom. The molecule has 3 rings (SSSR count). The van der Waals surface area contributed by atoms with E-state index in [9.17, 15) is 9.18 Å². The monoisotopic (exact) mass is 374 g/mol. The third kappa shape index (κ3) is 3.17. The van der Waals surface area contributed by atoms with Crippen LogP contribution in [0.5, 0.6) is 0 Å². The minimum Gasteiger partial charge on any atom is -0.458 e. The fourth-order valence-electron chi connectivity index (χ4n) is 2.16. The minimum atomic E-state index is -0.439. The maximum absolute atomic E-state index is 13.0. The average molecular weight is 375 g/mol. The van der Waals surface area contributed by atoms with Crippen molar-refractivity contribution < 1.29 is 13.9 Å². The van der Waals surface area contributed by atoms with Gasteiger partial charge in [-0.3, -0.25) is 0 Å². The molecular weight excluding hydrogens is 363 g/mol. The van der Waals surface area contributed by atoms with Crippen LogP contribution in [0.15, 0.2) is 53.5 Å². The molecule has 0 saturated carbocycles. The summed E-state index contributed by atoms with van der Waals surface area (Å²) in [6, 6.07) is 9.35. The predicted molar refractivity (Wildman–Crippen MR) is 89.7 cm³/mol. The van der Waals surface area contributed by atoms with Crippen LogP contribution in [0.2, 0.25) is 0 Å². The Morgan fingerprint density at radius 2 is 2.09 bits per heavy atom. The number of nitrogens with one attached hydrogen (secondary N) is 1. The van der Waals surface area contributed by atoms with Gasteiger partial charge in [-0.15, -0.1) is 0 Å². The molecule has 2 aromatic carbocycles. The van der Waals surface area contributed by atoms with Crippen molar-refractivity contribution >= 4 is 32.9 Å². The fraction of sp³-hybridized carbons (Fsp3) is 0.0588. The van der Waals surface area contributed by atoms with E-state index in [0.29, 0.717) is 26.9 Å². The Kier molecular flexibility index (Phi) is 4.25. The zero-order chi connectivity index (χ0) is 16.4. The summed E-state index contributed by atoms with van der Waals surface area (Å²) in [6.07, 6.45) is 1.51. The van der Waals surface area contributed by atoms with Crippen LogP contribution in [0.25, 0.3) is 22.4 Å². The van der Waals surface area contributed by atoms with Gasteiger partial charge in [0.05, 0.1) is 11.1 Å². The Bertz CT molecular complexity index is 887. The highest BCUT2D eigenvalue weighted by molar-refractivity contribution is 9.10. The number of aromatic amines is 1. The number of rotatable bonds is 4. The van der Waals surface area contributed by atoms with Gasteiger partial charge >= 0.3 is 5.97 Å². The zero-order valence-corrected chi connectivity index (χ0v) is 13.6. The summed E-state index contributed by atoms with van der Waals surface area (Å²) in [5.74, 6) is -0.152. The van der Waals surface area contributed by atoms with E-state index in [1.54, 1.807) is 24.3 Å². The van der Waals surface area contributed by atoms with Gasteiger partial charge in [-0.05, 0) is 52.3 Å². The van der Waals surface area contributed by atoms with Crippen molar-refractivity contribution in [3.05, 3.63) is 64.9 Å². The van der Waals surface area contributed by atoms with Gasteiger partial charge in [0.15, 0.2) is 0 Å². The van der Waals surface area contributed by atoms with Crippen LogP contribution in [-0.2, 0) is 4.74 Å². The number of benzene rings is 2. The highest BCUT2D eigenvalue weighted by Gasteiger charge is 2.14. The zero-order valence-electron chi connectivity index (χ0n) is 12.0. The maximum atomic E-state index is 13.0. The van der Waals surface area contributed by atoms with Crippen LogP contribution in [0.1, 0.15) is 10.4 Å². The molecule has 6 heteroatoms. The second-order valence-corrected chi connectivity index (χ2v) is 5.69. The third-order valence-electron chi connectivity index (χ3n) is 3.23. The maximum Gasteiger partial charge on any atom is 0.338 e. The Balaban J connectivity index is 2.02. The SMILES string of the molecule is C=CCOC(=O)c1cc(Br)c2nc(-c3ccc(F)cc3)[nH]c2c1. The molecule has 116 valence electrons. The van der Waals surface area contributed by atoms with E-state index in [1.165, 1.54) is 18.2 Å². The molecule has 3 aromatic rings. The Labute approximate surface area is 140 Å². The van der Waals surface area contributed by atoms with Gasteiger partial charge in [-0.2, -0.15) is 0 Å². The number of carbonyl (C=O) groups is 1. The molecule has 0 amide bonds. The van der Waals surface area contributed by atoms with Crippen molar-refractivity contribution in [2.45, 2.75) is 0 Å². The number of imidazole rings is 1. The summed E-state index contributed by atoms with van der Waals surface area (Å²) >= 11 is 3.41. The van der Waals surface area contributed by atoms with Gasteiger partial charge in [0.1, 0.15) is 23.8 Å². The van der Waals surface area contributed by atoms with E-state index in [1.807, 2.05) is 0 Å². The molecule has 0 radical (unpaired) electrons. The number of esters is 1. The van der Waals surface area contributed by atoms with Gasteiger partial charge in [0.2, 0.25) is 0 Å². The molecule has 0 spiro atoms. The lowest BCUT2D eigenvalue weighted by Crippen LogP contribution is -2.05. The van der Waals surface area contributed by atoms with Crippen molar-refractivity contribution in [2.24, 2.45) is 0 Å². The van der Waals surface area contributed by atoms with Crippen molar-refractivity contribution in [1.29, 1.82) is 0 Å². The third-order valence-corrected chi connectivity index (χ3v) is 3.83. The van der Waals surface area contributed by atoms with E-state index in [4.69, 9.17) is 4.74 Å². The average Bonchev–Trinajstić information content (AvgIpc) is 2.98. The first-order chi connectivity index (χ1) is 11.1. The number of aromatic nitrogens is 2. The highest BCUT2D eigenvalue weighted by atomic mass is 79.9. The molecule has 0 aliphatic rings. The molecule has 1 heterocycles. The second kappa shape index (κ2) is 6.34. The highest BCUT2D eigenvalue weighted by Crippen LogP contribution is 2.28. The lowest BCUT2D eigenvalue weighted by atomic mass is 10.2. The van der Waals surface area contributed by atoms with Crippen LogP contribution in [0.3, 0.4) is 0 Å². The van der Waals surface area contributed by atoms with Gasteiger partial charge in [-0.25, -0.2) is 14.2 Å². The molecular formula is C17H12BrFN2O2.